The molecule has 1 aromatic rings. The van der Waals surface area contributed by atoms with E-state index in [1.54, 1.807) is 12.1 Å². The minimum Gasteiger partial charge on any atom is -0.391 e. The average Bonchev–Trinajstić information content (AvgIpc) is 2.32. The van der Waals surface area contributed by atoms with Crippen molar-refractivity contribution in [3.8, 4) is 0 Å². The lowest BCUT2D eigenvalue weighted by Crippen LogP contribution is -2.51. The number of nitrogens with zero attached hydrogens (tertiary/aromatic N) is 1. The van der Waals surface area contributed by atoms with E-state index in [9.17, 15) is 9.50 Å². The molecule has 18 heavy (non-hydrogen) atoms. The van der Waals surface area contributed by atoms with E-state index in [1.807, 2.05) is 32.8 Å². The first-order chi connectivity index (χ1) is 8.31. The van der Waals surface area contributed by atoms with Gasteiger partial charge in [-0.1, -0.05) is 24.6 Å². The smallest absolute Gasteiger partial charge is 0.141 e. The first-order valence-corrected chi connectivity index (χ1v) is 6.48. The molecule has 1 aromatic carbocycles. The van der Waals surface area contributed by atoms with Crippen molar-refractivity contribution in [3.05, 3.63) is 34.6 Å². The molecule has 0 bridgehead atoms. The summed E-state index contributed by atoms with van der Waals surface area (Å²) in [5.74, 6) is -0.430. The molecular weight excluding hydrogens is 253 g/mol. The van der Waals surface area contributed by atoms with Crippen LogP contribution in [-0.2, 0) is 6.42 Å². The molecule has 0 amide bonds. The number of aliphatic hydroxyl groups is 1. The van der Waals surface area contributed by atoms with E-state index < -0.39 is 11.9 Å². The third kappa shape index (κ3) is 3.22. The maximum atomic E-state index is 13.1. The Labute approximate surface area is 113 Å². The molecule has 2 unspecified atom stereocenters. The lowest BCUT2D eigenvalue weighted by molar-refractivity contribution is 0.00300. The van der Waals surface area contributed by atoms with Gasteiger partial charge in [0, 0.05) is 12.0 Å². The summed E-state index contributed by atoms with van der Waals surface area (Å²) < 4.78 is 13.1. The van der Waals surface area contributed by atoms with Gasteiger partial charge in [-0.3, -0.25) is 0 Å². The minimum atomic E-state index is -0.529. The Morgan fingerprint density at radius 3 is 2.50 bits per heavy atom. The zero-order chi connectivity index (χ0) is 13.9. The number of halogens is 2. The van der Waals surface area contributed by atoms with E-state index in [4.69, 9.17) is 11.6 Å². The van der Waals surface area contributed by atoms with E-state index in [0.29, 0.717) is 6.42 Å². The third-order valence-corrected chi connectivity index (χ3v) is 4.16. The molecule has 0 fully saturated rings. The minimum absolute atomic E-state index is 0.0998. The molecule has 0 aromatic heterocycles. The highest BCUT2D eigenvalue weighted by Crippen LogP contribution is 2.25. The van der Waals surface area contributed by atoms with E-state index >= 15 is 0 Å². The van der Waals surface area contributed by atoms with Gasteiger partial charge in [-0.15, -0.1) is 0 Å². The van der Waals surface area contributed by atoms with Gasteiger partial charge < -0.3 is 10.0 Å². The number of benzene rings is 1. The van der Waals surface area contributed by atoms with Crippen molar-refractivity contribution in [3.63, 3.8) is 0 Å². The molecule has 0 aliphatic carbocycles. The maximum absolute atomic E-state index is 13.1. The van der Waals surface area contributed by atoms with Crippen molar-refractivity contribution < 1.29 is 9.50 Å². The van der Waals surface area contributed by atoms with Gasteiger partial charge in [0.2, 0.25) is 0 Å². The molecule has 0 saturated heterocycles. The first-order valence-electron chi connectivity index (χ1n) is 6.10. The zero-order valence-electron chi connectivity index (χ0n) is 11.4. The third-order valence-electron chi connectivity index (χ3n) is 3.87. The number of hydrogen-bond acceptors (Lipinski definition) is 2. The second kappa shape index (κ2) is 6.00. The number of hydrogen-bond donors (Lipinski definition) is 1. The van der Waals surface area contributed by atoms with Crippen LogP contribution in [0.2, 0.25) is 5.02 Å². The fourth-order valence-corrected chi connectivity index (χ4v) is 2.16. The molecule has 0 saturated carbocycles. The maximum Gasteiger partial charge on any atom is 0.141 e. The Hall–Kier alpha value is -0.640. The normalized spacial score (nSPS) is 16.7. The van der Waals surface area contributed by atoms with Gasteiger partial charge in [0.05, 0.1) is 11.1 Å². The molecule has 0 radical (unpaired) electrons. The molecule has 0 aliphatic rings. The van der Waals surface area contributed by atoms with Crippen LogP contribution in [0.15, 0.2) is 18.2 Å². The second-order valence-corrected chi connectivity index (χ2v) is 5.48. The van der Waals surface area contributed by atoms with Crippen LogP contribution >= 0.6 is 11.6 Å². The van der Waals surface area contributed by atoms with E-state index in [1.165, 1.54) is 6.07 Å². The summed E-state index contributed by atoms with van der Waals surface area (Å²) >= 11 is 5.74. The van der Waals surface area contributed by atoms with Crippen molar-refractivity contribution in [1.82, 2.24) is 4.90 Å². The fourth-order valence-electron chi connectivity index (χ4n) is 1.96. The topological polar surface area (TPSA) is 23.5 Å². The van der Waals surface area contributed by atoms with Crippen LogP contribution in [0.3, 0.4) is 0 Å². The van der Waals surface area contributed by atoms with E-state index in [-0.39, 0.29) is 10.6 Å². The molecule has 102 valence electrons. The molecule has 0 heterocycles. The number of likely N-dealkylation sites (N-methyl/N-ethyl adjacent to an activating group) is 1. The van der Waals surface area contributed by atoms with Crippen molar-refractivity contribution >= 4 is 11.6 Å². The monoisotopic (exact) mass is 273 g/mol. The standard InChI is InChI=1S/C14H21ClFNO/c1-5-14(2,17(3)4)13(18)9-10-6-7-12(16)11(15)8-10/h6-8,13,18H,5,9H2,1-4H3. The predicted octanol–water partition coefficient (Wildman–Crippen LogP) is 3.11. The molecule has 1 rings (SSSR count). The Balaban J connectivity index is 2.86. The van der Waals surface area contributed by atoms with Gasteiger partial charge in [0.25, 0.3) is 0 Å². The molecule has 0 spiro atoms. The lowest BCUT2D eigenvalue weighted by atomic mass is 9.86. The molecule has 1 N–H and O–H groups in total. The predicted molar refractivity (Wildman–Crippen MR) is 73.5 cm³/mol. The Kier molecular flexibility index (Phi) is 5.14. The van der Waals surface area contributed by atoms with Crippen molar-refractivity contribution in [2.75, 3.05) is 14.1 Å². The Morgan fingerprint density at radius 1 is 1.44 bits per heavy atom. The lowest BCUT2D eigenvalue weighted by Gasteiger charge is -2.40. The Morgan fingerprint density at radius 2 is 2.06 bits per heavy atom. The van der Waals surface area contributed by atoms with Crippen LogP contribution in [0, 0.1) is 5.82 Å². The average molecular weight is 274 g/mol. The largest absolute Gasteiger partial charge is 0.391 e. The van der Waals surface area contributed by atoms with Crippen molar-refractivity contribution in [2.45, 2.75) is 38.3 Å². The summed E-state index contributed by atoms with van der Waals surface area (Å²) in [5.41, 5.74) is 0.538. The Bertz CT molecular complexity index is 411. The van der Waals surface area contributed by atoms with Gasteiger partial charge in [-0.05, 0) is 45.1 Å². The second-order valence-electron chi connectivity index (χ2n) is 5.07. The molecule has 4 heteroatoms. The van der Waals surface area contributed by atoms with Crippen LogP contribution in [0.4, 0.5) is 4.39 Å². The van der Waals surface area contributed by atoms with Crippen LogP contribution in [-0.4, -0.2) is 35.7 Å². The fraction of sp³-hybridized carbons (Fsp3) is 0.571. The van der Waals surface area contributed by atoms with Crippen molar-refractivity contribution in [1.29, 1.82) is 0 Å². The summed E-state index contributed by atoms with van der Waals surface area (Å²) in [4.78, 5) is 2.02. The molecule has 2 atom stereocenters. The molecular formula is C14H21ClFNO. The molecule has 0 aliphatic heterocycles. The highest BCUT2D eigenvalue weighted by molar-refractivity contribution is 6.30. The van der Waals surface area contributed by atoms with Crippen LogP contribution < -0.4 is 0 Å². The zero-order valence-corrected chi connectivity index (χ0v) is 12.1. The van der Waals surface area contributed by atoms with Gasteiger partial charge in [-0.2, -0.15) is 0 Å². The number of rotatable bonds is 5. The van der Waals surface area contributed by atoms with E-state index in [2.05, 4.69) is 0 Å². The number of aliphatic hydroxyl groups excluding tert-OH is 1. The highest BCUT2D eigenvalue weighted by atomic mass is 35.5. The summed E-state index contributed by atoms with van der Waals surface area (Å²) in [6, 6.07) is 4.57. The summed E-state index contributed by atoms with van der Waals surface area (Å²) in [6.45, 7) is 4.06. The van der Waals surface area contributed by atoms with Gasteiger partial charge in [0.1, 0.15) is 5.82 Å². The van der Waals surface area contributed by atoms with Crippen LogP contribution in [0.5, 0.6) is 0 Å². The highest BCUT2D eigenvalue weighted by Gasteiger charge is 2.33. The van der Waals surface area contributed by atoms with E-state index in [0.717, 1.165) is 12.0 Å². The van der Waals surface area contributed by atoms with Crippen LogP contribution in [0.25, 0.3) is 0 Å². The van der Waals surface area contributed by atoms with Gasteiger partial charge in [0.15, 0.2) is 0 Å². The first kappa shape index (κ1) is 15.4. The SMILES string of the molecule is CCC(C)(C(O)Cc1ccc(F)c(Cl)c1)N(C)C. The summed E-state index contributed by atoms with van der Waals surface area (Å²) in [5, 5.41) is 10.5. The van der Waals surface area contributed by atoms with Crippen molar-refractivity contribution in [2.24, 2.45) is 0 Å². The summed E-state index contributed by atoms with van der Waals surface area (Å²) in [6.07, 6.45) is 0.762. The van der Waals surface area contributed by atoms with Gasteiger partial charge >= 0.3 is 0 Å². The van der Waals surface area contributed by atoms with Gasteiger partial charge in [-0.25, -0.2) is 4.39 Å². The molecule has 2 nitrogen and oxygen atoms in total. The van der Waals surface area contributed by atoms with Crippen LogP contribution in [0.1, 0.15) is 25.8 Å². The quantitative estimate of drug-likeness (QED) is 0.891. The summed E-state index contributed by atoms with van der Waals surface area (Å²) in [7, 11) is 3.90.